The first-order chi connectivity index (χ1) is 6.25. The number of halogens is 1. The lowest BCUT2D eigenvalue weighted by atomic mass is 10.1. The topological polar surface area (TPSA) is 21.6 Å². The van der Waals surface area contributed by atoms with Crippen molar-refractivity contribution in [2.45, 2.75) is 19.4 Å². The van der Waals surface area contributed by atoms with Gasteiger partial charge in [0.25, 0.3) is 0 Å². The maximum Gasteiger partial charge on any atom is 0.130 e. The van der Waals surface area contributed by atoms with Crippen LogP contribution < -0.4 is 0 Å². The average molecular weight is 196 g/mol. The van der Waals surface area contributed by atoms with Crippen LogP contribution in [0, 0.1) is 0 Å². The fourth-order valence-electron chi connectivity index (χ4n) is 1.31. The van der Waals surface area contributed by atoms with Crippen molar-refractivity contribution in [1.29, 1.82) is 0 Å². The summed E-state index contributed by atoms with van der Waals surface area (Å²) in [6.07, 6.45) is 1.08. The number of hydrogen-bond donors (Lipinski definition) is 0. The highest BCUT2D eigenvalue weighted by Gasteiger charge is 2.17. The molecule has 2 nitrogen and oxygen atoms in total. The summed E-state index contributed by atoms with van der Waals surface area (Å²) in [5.41, 5.74) is 2.10. The normalized spacial score (nSPS) is 21.1. The molecule has 0 aliphatic carbocycles. The first-order valence-corrected chi connectivity index (χ1v) is 4.62. The quantitative estimate of drug-likeness (QED) is 0.675. The van der Waals surface area contributed by atoms with Crippen LogP contribution in [-0.2, 0) is 4.84 Å². The number of oxime groups is 1. The highest BCUT2D eigenvalue weighted by Crippen LogP contribution is 2.17. The summed E-state index contributed by atoms with van der Waals surface area (Å²) in [5.74, 6) is 0. The van der Waals surface area contributed by atoms with Crippen LogP contribution in [0.4, 0.5) is 0 Å². The molecule has 1 aliphatic rings. The van der Waals surface area contributed by atoms with Crippen LogP contribution in [0.2, 0.25) is 5.02 Å². The maximum atomic E-state index is 5.78. The molecule has 0 fully saturated rings. The van der Waals surface area contributed by atoms with Crippen molar-refractivity contribution in [1.82, 2.24) is 0 Å². The molecule has 0 radical (unpaired) electrons. The molecule has 1 aromatic rings. The monoisotopic (exact) mass is 195 g/mol. The Morgan fingerprint density at radius 1 is 1.38 bits per heavy atom. The molecule has 13 heavy (non-hydrogen) atoms. The van der Waals surface area contributed by atoms with Gasteiger partial charge in [-0.2, -0.15) is 0 Å². The Morgan fingerprint density at radius 3 is 2.62 bits per heavy atom. The lowest BCUT2D eigenvalue weighted by Crippen LogP contribution is -2.02. The van der Waals surface area contributed by atoms with Gasteiger partial charge >= 0.3 is 0 Å². The van der Waals surface area contributed by atoms with E-state index in [0.29, 0.717) is 0 Å². The first-order valence-electron chi connectivity index (χ1n) is 4.24. The zero-order chi connectivity index (χ0) is 9.26. The van der Waals surface area contributed by atoms with Crippen LogP contribution >= 0.6 is 11.6 Å². The Bertz CT molecular complexity index is 331. The van der Waals surface area contributed by atoms with E-state index in [9.17, 15) is 0 Å². The SMILES string of the molecule is CC1CC(c2ccc(Cl)cc2)=NO1. The van der Waals surface area contributed by atoms with E-state index < -0.39 is 0 Å². The van der Waals surface area contributed by atoms with Gasteiger partial charge in [0.2, 0.25) is 0 Å². The molecule has 0 spiro atoms. The van der Waals surface area contributed by atoms with Crippen LogP contribution in [-0.4, -0.2) is 11.8 Å². The van der Waals surface area contributed by atoms with Crippen molar-refractivity contribution in [3.05, 3.63) is 34.9 Å². The Kier molecular flexibility index (Phi) is 2.23. The Balaban J connectivity index is 2.22. The molecule has 0 saturated carbocycles. The van der Waals surface area contributed by atoms with E-state index in [-0.39, 0.29) is 6.10 Å². The average Bonchev–Trinajstić information content (AvgIpc) is 2.53. The number of hydrogen-bond acceptors (Lipinski definition) is 2. The molecule has 0 amide bonds. The molecule has 68 valence electrons. The second-order valence-electron chi connectivity index (χ2n) is 3.17. The summed E-state index contributed by atoms with van der Waals surface area (Å²) in [6, 6.07) is 7.65. The molecule has 1 unspecified atom stereocenters. The summed E-state index contributed by atoms with van der Waals surface area (Å²) < 4.78 is 0. The molecular weight excluding hydrogens is 186 g/mol. The van der Waals surface area contributed by atoms with Crippen LogP contribution in [0.1, 0.15) is 18.9 Å². The van der Waals surface area contributed by atoms with E-state index in [2.05, 4.69) is 5.16 Å². The molecule has 0 saturated heterocycles. The van der Waals surface area contributed by atoms with Gasteiger partial charge in [-0.05, 0) is 24.6 Å². The molecule has 1 heterocycles. The number of benzene rings is 1. The van der Waals surface area contributed by atoms with E-state index in [1.54, 1.807) is 0 Å². The third-order valence-corrected chi connectivity index (χ3v) is 2.25. The van der Waals surface area contributed by atoms with E-state index in [1.807, 2.05) is 31.2 Å². The predicted octanol–water partition coefficient (Wildman–Crippen LogP) is 2.85. The number of nitrogens with zero attached hydrogens (tertiary/aromatic N) is 1. The van der Waals surface area contributed by atoms with Gasteiger partial charge in [0.1, 0.15) is 6.10 Å². The molecule has 1 atom stereocenters. The van der Waals surface area contributed by atoms with Crippen LogP contribution in [0.15, 0.2) is 29.4 Å². The van der Waals surface area contributed by atoms with E-state index in [1.165, 1.54) is 0 Å². The lowest BCUT2D eigenvalue weighted by Gasteiger charge is -1.98. The van der Waals surface area contributed by atoms with Gasteiger partial charge in [0.15, 0.2) is 0 Å². The molecule has 0 bridgehead atoms. The minimum Gasteiger partial charge on any atom is -0.392 e. The van der Waals surface area contributed by atoms with E-state index >= 15 is 0 Å². The van der Waals surface area contributed by atoms with Gasteiger partial charge in [0.05, 0.1) is 5.71 Å². The molecule has 2 rings (SSSR count). The van der Waals surface area contributed by atoms with Crippen molar-refractivity contribution in [3.8, 4) is 0 Å². The van der Waals surface area contributed by atoms with Crippen molar-refractivity contribution in [3.63, 3.8) is 0 Å². The maximum absolute atomic E-state index is 5.78. The van der Waals surface area contributed by atoms with Gasteiger partial charge < -0.3 is 4.84 Å². The smallest absolute Gasteiger partial charge is 0.130 e. The van der Waals surface area contributed by atoms with Gasteiger partial charge in [-0.25, -0.2) is 0 Å². The van der Waals surface area contributed by atoms with E-state index in [4.69, 9.17) is 16.4 Å². The number of rotatable bonds is 1. The van der Waals surface area contributed by atoms with Gasteiger partial charge in [-0.1, -0.05) is 28.9 Å². The summed E-state index contributed by atoms with van der Waals surface area (Å²) in [5, 5.41) is 4.74. The fourth-order valence-corrected chi connectivity index (χ4v) is 1.44. The van der Waals surface area contributed by atoms with Crippen molar-refractivity contribution in [2.24, 2.45) is 5.16 Å². The first kappa shape index (κ1) is 8.57. The van der Waals surface area contributed by atoms with Crippen molar-refractivity contribution >= 4 is 17.3 Å². The highest BCUT2D eigenvalue weighted by atomic mass is 35.5. The standard InChI is InChI=1S/C10H10ClNO/c1-7-6-10(12-13-7)8-2-4-9(11)5-3-8/h2-5,7H,6H2,1H3. The third kappa shape index (κ3) is 1.83. The molecule has 3 heteroatoms. The summed E-state index contributed by atoms with van der Waals surface area (Å²) in [4.78, 5) is 5.11. The Morgan fingerprint density at radius 2 is 2.08 bits per heavy atom. The molecular formula is C10H10ClNO. The van der Waals surface area contributed by atoms with Crippen molar-refractivity contribution < 1.29 is 4.84 Å². The van der Waals surface area contributed by atoms with Gasteiger partial charge in [-0.3, -0.25) is 0 Å². The molecule has 1 aromatic carbocycles. The van der Waals surface area contributed by atoms with E-state index in [0.717, 1.165) is 22.7 Å². The largest absolute Gasteiger partial charge is 0.392 e. The lowest BCUT2D eigenvalue weighted by molar-refractivity contribution is 0.0995. The minimum absolute atomic E-state index is 0.200. The summed E-state index contributed by atoms with van der Waals surface area (Å²) in [6.45, 7) is 2.01. The van der Waals surface area contributed by atoms with Gasteiger partial charge in [0, 0.05) is 11.4 Å². The highest BCUT2D eigenvalue weighted by molar-refractivity contribution is 6.30. The van der Waals surface area contributed by atoms with Crippen LogP contribution in [0.3, 0.4) is 0 Å². The second kappa shape index (κ2) is 3.38. The zero-order valence-corrected chi connectivity index (χ0v) is 8.08. The van der Waals surface area contributed by atoms with Crippen molar-refractivity contribution in [2.75, 3.05) is 0 Å². The minimum atomic E-state index is 0.200. The summed E-state index contributed by atoms with van der Waals surface area (Å²) in [7, 11) is 0. The second-order valence-corrected chi connectivity index (χ2v) is 3.60. The third-order valence-electron chi connectivity index (χ3n) is 2.00. The summed E-state index contributed by atoms with van der Waals surface area (Å²) >= 11 is 5.78. The Labute approximate surface area is 82.2 Å². The molecule has 1 aliphatic heterocycles. The zero-order valence-electron chi connectivity index (χ0n) is 7.33. The van der Waals surface area contributed by atoms with Crippen LogP contribution in [0.25, 0.3) is 0 Å². The molecule has 0 aromatic heterocycles. The molecule has 0 N–H and O–H groups in total. The van der Waals surface area contributed by atoms with Gasteiger partial charge in [-0.15, -0.1) is 0 Å². The van der Waals surface area contributed by atoms with Crippen LogP contribution in [0.5, 0.6) is 0 Å². The Hall–Kier alpha value is -1.02. The predicted molar refractivity (Wildman–Crippen MR) is 53.2 cm³/mol. The fraction of sp³-hybridized carbons (Fsp3) is 0.300.